The van der Waals surface area contributed by atoms with Crippen LogP contribution in [-0.2, 0) is 14.2 Å². The predicted octanol–water partition coefficient (Wildman–Crippen LogP) is 0.680. The van der Waals surface area contributed by atoms with E-state index in [1.165, 1.54) is 0 Å². The number of ether oxygens (including phenoxy) is 3. The Morgan fingerprint density at radius 1 is 1.60 bits per heavy atom. The topological polar surface area (TPSA) is 56.8 Å². The third kappa shape index (κ3) is 2.08. The van der Waals surface area contributed by atoms with Gasteiger partial charge in [0, 0.05) is 13.7 Å². The van der Waals surface area contributed by atoms with Crippen LogP contribution < -0.4 is 5.32 Å². The highest BCUT2D eigenvalue weighted by molar-refractivity contribution is 5.69. The van der Waals surface area contributed by atoms with Crippen LogP contribution in [0.1, 0.15) is 19.3 Å². The molecule has 0 aliphatic carbocycles. The minimum absolute atomic E-state index is 0.0785. The second-order valence-electron chi connectivity index (χ2n) is 4.10. The minimum Gasteiger partial charge on any atom is -0.447 e. The van der Waals surface area contributed by atoms with Crippen molar-refractivity contribution >= 4 is 6.09 Å². The number of amides is 1. The molecule has 0 aromatic rings. The standard InChI is InChI=1S/C10H17NO4/c1-13-7-10(4-2-3-5-15-10)8-6-14-9(12)11-8/h8H,2-7H2,1H3,(H,11,12). The molecule has 1 N–H and O–H groups in total. The molecule has 5 heteroatoms. The van der Waals surface area contributed by atoms with Gasteiger partial charge in [0.15, 0.2) is 0 Å². The Hall–Kier alpha value is -0.810. The molecule has 0 saturated carbocycles. The highest BCUT2D eigenvalue weighted by Gasteiger charge is 2.45. The maximum atomic E-state index is 11.0. The molecule has 2 atom stereocenters. The maximum Gasteiger partial charge on any atom is 0.407 e. The normalized spacial score (nSPS) is 36.1. The van der Waals surface area contributed by atoms with Crippen LogP contribution in [0.25, 0.3) is 0 Å². The molecule has 2 aliphatic heterocycles. The van der Waals surface area contributed by atoms with Crippen LogP contribution in [0.2, 0.25) is 0 Å². The minimum atomic E-state index is -0.390. The number of hydrogen-bond acceptors (Lipinski definition) is 4. The van der Waals surface area contributed by atoms with Gasteiger partial charge in [0.1, 0.15) is 12.2 Å². The molecule has 0 spiro atoms. The summed E-state index contributed by atoms with van der Waals surface area (Å²) >= 11 is 0. The highest BCUT2D eigenvalue weighted by Crippen LogP contribution is 2.30. The largest absolute Gasteiger partial charge is 0.447 e. The van der Waals surface area contributed by atoms with E-state index in [0.717, 1.165) is 25.9 Å². The summed E-state index contributed by atoms with van der Waals surface area (Å²) in [6, 6.07) is -0.0785. The van der Waals surface area contributed by atoms with Crippen molar-refractivity contribution in [3.63, 3.8) is 0 Å². The summed E-state index contributed by atoms with van der Waals surface area (Å²) in [4.78, 5) is 11.0. The Balaban J connectivity index is 2.06. The summed E-state index contributed by atoms with van der Waals surface area (Å²) < 4.78 is 15.9. The van der Waals surface area contributed by atoms with Crippen LogP contribution in [0.3, 0.4) is 0 Å². The lowest BCUT2D eigenvalue weighted by atomic mass is 9.87. The van der Waals surface area contributed by atoms with Gasteiger partial charge in [-0.25, -0.2) is 4.79 Å². The molecule has 0 bridgehead atoms. The fourth-order valence-corrected chi connectivity index (χ4v) is 2.28. The van der Waals surface area contributed by atoms with Gasteiger partial charge in [0.2, 0.25) is 0 Å². The summed E-state index contributed by atoms with van der Waals surface area (Å²) in [5.74, 6) is 0. The average Bonchev–Trinajstić information content (AvgIpc) is 2.67. The zero-order valence-corrected chi connectivity index (χ0v) is 8.95. The van der Waals surface area contributed by atoms with Gasteiger partial charge in [0.05, 0.1) is 12.6 Å². The van der Waals surface area contributed by atoms with Crippen molar-refractivity contribution in [2.24, 2.45) is 0 Å². The lowest BCUT2D eigenvalue weighted by Gasteiger charge is -2.40. The zero-order valence-electron chi connectivity index (χ0n) is 8.95. The Morgan fingerprint density at radius 2 is 2.47 bits per heavy atom. The van der Waals surface area contributed by atoms with Crippen molar-refractivity contribution in [3.8, 4) is 0 Å². The maximum absolute atomic E-state index is 11.0. The number of methoxy groups -OCH3 is 1. The van der Waals surface area contributed by atoms with Crippen molar-refractivity contribution in [3.05, 3.63) is 0 Å². The average molecular weight is 215 g/mol. The second-order valence-corrected chi connectivity index (χ2v) is 4.10. The summed E-state index contributed by atoms with van der Waals surface area (Å²) in [5, 5.41) is 2.78. The van der Waals surface area contributed by atoms with Crippen LogP contribution in [0.4, 0.5) is 4.79 Å². The highest BCUT2D eigenvalue weighted by atomic mass is 16.6. The molecule has 2 saturated heterocycles. The molecule has 0 aromatic carbocycles. The molecule has 2 fully saturated rings. The molecule has 15 heavy (non-hydrogen) atoms. The van der Waals surface area contributed by atoms with Gasteiger partial charge in [-0.15, -0.1) is 0 Å². The zero-order chi connectivity index (χ0) is 10.7. The first kappa shape index (κ1) is 10.7. The summed E-state index contributed by atoms with van der Waals surface area (Å²) in [6.07, 6.45) is 2.74. The van der Waals surface area contributed by atoms with E-state index in [2.05, 4.69) is 5.32 Å². The number of alkyl carbamates (subject to hydrolysis) is 1. The van der Waals surface area contributed by atoms with Crippen LogP contribution in [0.15, 0.2) is 0 Å². The second kappa shape index (κ2) is 4.37. The molecule has 1 amide bonds. The Labute approximate surface area is 89.1 Å². The number of carbonyl (C=O) groups is 1. The first-order valence-corrected chi connectivity index (χ1v) is 5.33. The van der Waals surface area contributed by atoms with Gasteiger partial charge >= 0.3 is 6.09 Å². The molecule has 2 rings (SSSR count). The van der Waals surface area contributed by atoms with Crippen LogP contribution in [0.5, 0.6) is 0 Å². The van der Waals surface area contributed by atoms with E-state index < -0.39 is 0 Å². The van der Waals surface area contributed by atoms with E-state index in [0.29, 0.717) is 13.2 Å². The molecule has 0 radical (unpaired) electrons. The molecule has 0 aromatic heterocycles. The van der Waals surface area contributed by atoms with Gasteiger partial charge < -0.3 is 19.5 Å². The van der Waals surface area contributed by atoms with Gasteiger partial charge in [-0.05, 0) is 19.3 Å². The smallest absolute Gasteiger partial charge is 0.407 e. The van der Waals surface area contributed by atoms with Crippen molar-refractivity contribution in [2.45, 2.75) is 30.9 Å². The molecule has 2 unspecified atom stereocenters. The fourth-order valence-electron chi connectivity index (χ4n) is 2.28. The van der Waals surface area contributed by atoms with Gasteiger partial charge in [-0.3, -0.25) is 0 Å². The van der Waals surface area contributed by atoms with Crippen LogP contribution in [-0.4, -0.2) is 44.7 Å². The molecule has 2 heterocycles. The molecule has 86 valence electrons. The summed E-state index contributed by atoms with van der Waals surface area (Å²) in [5.41, 5.74) is -0.390. The number of hydrogen-bond donors (Lipinski definition) is 1. The van der Waals surface area contributed by atoms with Crippen molar-refractivity contribution in [2.75, 3.05) is 26.9 Å². The molecular formula is C10H17NO4. The Morgan fingerprint density at radius 3 is 3.00 bits per heavy atom. The summed E-state index contributed by atoms with van der Waals surface area (Å²) in [7, 11) is 1.65. The third-order valence-electron chi connectivity index (χ3n) is 3.08. The van der Waals surface area contributed by atoms with E-state index in [1.54, 1.807) is 7.11 Å². The quantitative estimate of drug-likeness (QED) is 0.752. The lowest BCUT2D eigenvalue weighted by Crippen LogP contribution is -2.56. The van der Waals surface area contributed by atoms with Crippen molar-refractivity contribution < 1.29 is 19.0 Å². The van der Waals surface area contributed by atoms with Gasteiger partial charge in [-0.1, -0.05) is 0 Å². The van der Waals surface area contributed by atoms with E-state index >= 15 is 0 Å². The lowest BCUT2D eigenvalue weighted by molar-refractivity contribution is -0.132. The van der Waals surface area contributed by atoms with Gasteiger partial charge in [0.25, 0.3) is 0 Å². The summed E-state index contributed by atoms with van der Waals surface area (Å²) in [6.45, 7) is 1.61. The molecular weight excluding hydrogens is 198 g/mol. The fraction of sp³-hybridized carbons (Fsp3) is 0.900. The number of nitrogens with one attached hydrogen (secondary N) is 1. The van der Waals surface area contributed by atoms with Crippen molar-refractivity contribution in [1.82, 2.24) is 5.32 Å². The van der Waals surface area contributed by atoms with E-state index in [1.807, 2.05) is 0 Å². The first-order valence-electron chi connectivity index (χ1n) is 5.33. The number of rotatable bonds is 3. The number of cyclic esters (lactones) is 1. The van der Waals surface area contributed by atoms with Crippen molar-refractivity contribution in [1.29, 1.82) is 0 Å². The predicted molar refractivity (Wildman–Crippen MR) is 52.7 cm³/mol. The van der Waals surface area contributed by atoms with Crippen LogP contribution >= 0.6 is 0 Å². The molecule has 2 aliphatic rings. The SMILES string of the molecule is COCC1(C2COC(=O)N2)CCCCO1. The first-order chi connectivity index (χ1) is 7.27. The Kier molecular flexibility index (Phi) is 3.11. The Bertz CT molecular complexity index is 232. The van der Waals surface area contributed by atoms with E-state index in [-0.39, 0.29) is 17.7 Å². The van der Waals surface area contributed by atoms with E-state index in [4.69, 9.17) is 14.2 Å². The molecule has 5 nitrogen and oxygen atoms in total. The number of carbonyl (C=O) groups excluding carboxylic acids is 1. The van der Waals surface area contributed by atoms with Crippen LogP contribution in [0, 0.1) is 0 Å². The monoisotopic (exact) mass is 215 g/mol. The van der Waals surface area contributed by atoms with Gasteiger partial charge in [-0.2, -0.15) is 0 Å². The van der Waals surface area contributed by atoms with E-state index in [9.17, 15) is 4.79 Å². The third-order valence-corrected chi connectivity index (χ3v) is 3.08.